The third-order valence-electron chi connectivity index (χ3n) is 6.44. The first-order valence-electron chi connectivity index (χ1n) is 8.72. The molecule has 0 spiro atoms. The number of hydrogen-bond acceptors (Lipinski definition) is 2. The molecule has 1 saturated heterocycles. The van der Waals surface area contributed by atoms with E-state index >= 15 is 0 Å². The van der Waals surface area contributed by atoms with Gasteiger partial charge in [0.1, 0.15) is 0 Å². The zero-order valence-electron chi connectivity index (χ0n) is 12.7. The lowest BCUT2D eigenvalue weighted by Crippen LogP contribution is -2.58. The Hall–Kier alpha value is -0.0800. The predicted octanol–water partition coefficient (Wildman–Crippen LogP) is 3.55. The van der Waals surface area contributed by atoms with Crippen molar-refractivity contribution in [2.75, 3.05) is 13.1 Å². The molecule has 0 bridgehead atoms. The second kappa shape index (κ2) is 5.73. The van der Waals surface area contributed by atoms with Crippen molar-refractivity contribution in [3.63, 3.8) is 0 Å². The van der Waals surface area contributed by atoms with E-state index in [2.05, 4.69) is 11.8 Å². The summed E-state index contributed by atoms with van der Waals surface area (Å²) in [7, 11) is 0. The molecule has 2 saturated carbocycles. The molecular formula is C17H32N2. The van der Waals surface area contributed by atoms with E-state index in [0.29, 0.717) is 5.54 Å². The Morgan fingerprint density at radius 3 is 2.32 bits per heavy atom. The molecule has 0 amide bonds. The van der Waals surface area contributed by atoms with E-state index in [-0.39, 0.29) is 0 Å². The number of nitrogens with zero attached hydrogens (tertiary/aromatic N) is 1. The summed E-state index contributed by atoms with van der Waals surface area (Å²) >= 11 is 0. The molecule has 2 heteroatoms. The van der Waals surface area contributed by atoms with Crippen LogP contribution in [0.25, 0.3) is 0 Å². The van der Waals surface area contributed by atoms with Crippen molar-refractivity contribution in [1.29, 1.82) is 0 Å². The summed E-state index contributed by atoms with van der Waals surface area (Å²) < 4.78 is 0. The van der Waals surface area contributed by atoms with Crippen LogP contribution in [0.1, 0.15) is 71.1 Å². The third-order valence-corrected chi connectivity index (χ3v) is 6.44. The standard InChI is InChI=1S/C17H32N2/c1-14-8-10-17(13-18,11-9-14)19-12-4-7-16(19)15-5-2-3-6-15/h14-16H,2-13,18H2,1H3. The lowest BCUT2D eigenvalue weighted by Gasteiger charge is -2.49. The molecule has 3 fully saturated rings. The molecule has 0 radical (unpaired) electrons. The Labute approximate surface area is 119 Å². The Bertz CT molecular complexity index is 288. The quantitative estimate of drug-likeness (QED) is 0.844. The highest BCUT2D eigenvalue weighted by atomic mass is 15.3. The van der Waals surface area contributed by atoms with Gasteiger partial charge in [-0.25, -0.2) is 0 Å². The fourth-order valence-electron chi connectivity index (χ4n) is 5.12. The van der Waals surface area contributed by atoms with Crippen molar-refractivity contribution in [2.24, 2.45) is 17.6 Å². The average Bonchev–Trinajstić information content (AvgIpc) is 3.11. The summed E-state index contributed by atoms with van der Waals surface area (Å²) in [5, 5.41) is 0. The van der Waals surface area contributed by atoms with Crippen LogP contribution in [0.5, 0.6) is 0 Å². The topological polar surface area (TPSA) is 29.3 Å². The van der Waals surface area contributed by atoms with Gasteiger partial charge in [0.05, 0.1) is 0 Å². The molecule has 3 rings (SSSR count). The Morgan fingerprint density at radius 1 is 1.00 bits per heavy atom. The SMILES string of the molecule is CC1CCC(CN)(N2CCCC2C2CCCC2)CC1. The van der Waals surface area contributed by atoms with Gasteiger partial charge in [0.2, 0.25) is 0 Å². The zero-order valence-corrected chi connectivity index (χ0v) is 12.7. The molecule has 110 valence electrons. The van der Waals surface area contributed by atoms with E-state index < -0.39 is 0 Å². The third kappa shape index (κ3) is 2.58. The van der Waals surface area contributed by atoms with Crippen LogP contribution in [0.15, 0.2) is 0 Å². The van der Waals surface area contributed by atoms with Gasteiger partial charge in [0.15, 0.2) is 0 Å². The van der Waals surface area contributed by atoms with Crippen LogP contribution in [0.2, 0.25) is 0 Å². The first-order valence-corrected chi connectivity index (χ1v) is 8.72. The zero-order chi connectivity index (χ0) is 13.3. The van der Waals surface area contributed by atoms with Crippen molar-refractivity contribution in [1.82, 2.24) is 4.90 Å². The lowest BCUT2D eigenvalue weighted by molar-refractivity contribution is 0.0156. The van der Waals surface area contributed by atoms with Crippen molar-refractivity contribution < 1.29 is 0 Å². The number of rotatable bonds is 3. The van der Waals surface area contributed by atoms with Crippen molar-refractivity contribution in [2.45, 2.75) is 82.7 Å². The number of nitrogens with two attached hydrogens (primary N) is 1. The molecular weight excluding hydrogens is 232 g/mol. The van der Waals surface area contributed by atoms with Gasteiger partial charge in [-0.1, -0.05) is 19.8 Å². The summed E-state index contributed by atoms with van der Waals surface area (Å²) in [5.74, 6) is 1.91. The van der Waals surface area contributed by atoms with Gasteiger partial charge < -0.3 is 5.73 Å². The van der Waals surface area contributed by atoms with E-state index in [9.17, 15) is 0 Å². The monoisotopic (exact) mass is 264 g/mol. The minimum absolute atomic E-state index is 0.371. The molecule has 1 heterocycles. The number of hydrogen-bond donors (Lipinski definition) is 1. The molecule has 1 aliphatic heterocycles. The Balaban J connectivity index is 1.74. The van der Waals surface area contributed by atoms with Crippen LogP contribution in [0, 0.1) is 11.8 Å². The molecule has 0 aromatic heterocycles. The van der Waals surface area contributed by atoms with Crippen LogP contribution < -0.4 is 5.73 Å². The molecule has 19 heavy (non-hydrogen) atoms. The van der Waals surface area contributed by atoms with Crippen LogP contribution in [-0.4, -0.2) is 29.6 Å². The summed E-state index contributed by atoms with van der Waals surface area (Å²) in [6, 6.07) is 0.874. The second-order valence-electron chi connectivity index (χ2n) is 7.56. The van der Waals surface area contributed by atoms with Crippen LogP contribution in [0.3, 0.4) is 0 Å². The molecule has 2 aliphatic carbocycles. The van der Waals surface area contributed by atoms with Crippen molar-refractivity contribution >= 4 is 0 Å². The lowest BCUT2D eigenvalue weighted by atomic mass is 9.75. The maximum Gasteiger partial charge on any atom is 0.0335 e. The van der Waals surface area contributed by atoms with E-state index in [1.807, 2.05) is 0 Å². The molecule has 2 N–H and O–H groups in total. The summed E-state index contributed by atoms with van der Waals surface area (Å²) in [6.07, 6.45) is 14.3. The first kappa shape index (κ1) is 13.9. The van der Waals surface area contributed by atoms with Crippen LogP contribution in [-0.2, 0) is 0 Å². The molecule has 2 nitrogen and oxygen atoms in total. The average molecular weight is 264 g/mol. The minimum Gasteiger partial charge on any atom is -0.329 e. The van der Waals surface area contributed by atoms with Gasteiger partial charge in [-0.2, -0.15) is 0 Å². The van der Waals surface area contributed by atoms with Gasteiger partial charge in [-0.15, -0.1) is 0 Å². The maximum atomic E-state index is 6.28. The molecule has 0 aromatic rings. The fraction of sp³-hybridized carbons (Fsp3) is 1.00. The first-order chi connectivity index (χ1) is 9.25. The van der Waals surface area contributed by atoms with Gasteiger partial charge >= 0.3 is 0 Å². The van der Waals surface area contributed by atoms with Crippen molar-refractivity contribution in [3.8, 4) is 0 Å². The highest BCUT2D eigenvalue weighted by molar-refractivity contribution is 5.02. The maximum absolute atomic E-state index is 6.28. The highest BCUT2D eigenvalue weighted by Gasteiger charge is 2.45. The van der Waals surface area contributed by atoms with E-state index in [1.54, 1.807) is 0 Å². The minimum atomic E-state index is 0.371. The largest absolute Gasteiger partial charge is 0.329 e. The highest BCUT2D eigenvalue weighted by Crippen LogP contribution is 2.44. The van der Waals surface area contributed by atoms with E-state index in [0.717, 1.165) is 24.4 Å². The van der Waals surface area contributed by atoms with Gasteiger partial charge in [-0.05, 0) is 69.7 Å². The summed E-state index contributed by atoms with van der Waals surface area (Å²) in [5.41, 5.74) is 6.65. The molecule has 1 atom stereocenters. The second-order valence-corrected chi connectivity index (χ2v) is 7.56. The normalized spacial score (nSPS) is 42.0. The van der Waals surface area contributed by atoms with Crippen LogP contribution in [0.4, 0.5) is 0 Å². The van der Waals surface area contributed by atoms with Gasteiger partial charge in [0, 0.05) is 18.1 Å². The van der Waals surface area contributed by atoms with Gasteiger partial charge in [-0.3, -0.25) is 4.90 Å². The van der Waals surface area contributed by atoms with E-state index in [1.165, 1.54) is 70.8 Å². The molecule has 0 aromatic carbocycles. The molecule has 1 unspecified atom stereocenters. The van der Waals surface area contributed by atoms with Crippen molar-refractivity contribution in [3.05, 3.63) is 0 Å². The number of likely N-dealkylation sites (tertiary alicyclic amines) is 1. The Morgan fingerprint density at radius 2 is 1.68 bits per heavy atom. The van der Waals surface area contributed by atoms with Gasteiger partial charge in [0.25, 0.3) is 0 Å². The predicted molar refractivity (Wildman–Crippen MR) is 81.1 cm³/mol. The smallest absolute Gasteiger partial charge is 0.0335 e. The summed E-state index contributed by atoms with van der Waals surface area (Å²) in [6.45, 7) is 4.63. The Kier molecular flexibility index (Phi) is 4.19. The van der Waals surface area contributed by atoms with E-state index in [4.69, 9.17) is 5.73 Å². The summed E-state index contributed by atoms with van der Waals surface area (Å²) in [4.78, 5) is 2.90. The van der Waals surface area contributed by atoms with Crippen LogP contribution >= 0.6 is 0 Å². The molecule has 3 aliphatic rings. The fourth-order valence-corrected chi connectivity index (χ4v) is 5.12.